The van der Waals surface area contributed by atoms with E-state index < -0.39 is 0 Å². The lowest BCUT2D eigenvalue weighted by atomic mass is 9.92. The maximum Gasteiger partial charge on any atom is 0.0880 e. The van der Waals surface area contributed by atoms with Crippen LogP contribution in [0.25, 0.3) is 0 Å². The molecule has 3 nitrogen and oxygen atoms in total. The van der Waals surface area contributed by atoms with Gasteiger partial charge in [0.15, 0.2) is 0 Å². The van der Waals surface area contributed by atoms with E-state index in [9.17, 15) is 0 Å². The Morgan fingerprint density at radius 2 is 1.93 bits per heavy atom. The van der Waals surface area contributed by atoms with Gasteiger partial charge >= 0.3 is 0 Å². The van der Waals surface area contributed by atoms with Crippen LogP contribution < -0.4 is 5.32 Å². The first-order chi connectivity index (χ1) is 6.85. The minimum Gasteiger partial charge on any atom is -0.376 e. The van der Waals surface area contributed by atoms with Crippen molar-refractivity contribution in [2.24, 2.45) is 0 Å². The molecule has 0 unspecified atom stereocenters. The van der Waals surface area contributed by atoms with Crippen LogP contribution in [0.15, 0.2) is 24.5 Å². The maximum absolute atomic E-state index is 5.69. The minimum atomic E-state index is 0.0459. The van der Waals surface area contributed by atoms with Crippen molar-refractivity contribution in [3.8, 4) is 0 Å². The highest BCUT2D eigenvalue weighted by molar-refractivity contribution is 4.94. The Morgan fingerprint density at radius 3 is 2.50 bits per heavy atom. The van der Waals surface area contributed by atoms with Crippen molar-refractivity contribution in [3.63, 3.8) is 0 Å². The van der Waals surface area contributed by atoms with Gasteiger partial charge in [-0.15, -0.1) is 0 Å². The van der Waals surface area contributed by atoms with Crippen molar-refractivity contribution in [2.45, 2.75) is 25.0 Å². The normalized spacial score (nSPS) is 20.9. The van der Waals surface area contributed by atoms with Crippen molar-refractivity contribution in [2.75, 3.05) is 20.2 Å². The molecule has 0 atom stereocenters. The quantitative estimate of drug-likeness (QED) is 0.784. The molecule has 2 rings (SSSR count). The lowest BCUT2D eigenvalue weighted by Gasteiger charge is -2.36. The zero-order valence-electron chi connectivity index (χ0n) is 8.70. The smallest absolute Gasteiger partial charge is 0.0880 e. The molecule has 1 N–H and O–H groups in total. The van der Waals surface area contributed by atoms with E-state index in [-0.39, 0.29) is 5.60 Å². The van der Waals surface area contributed by atoms with Crippen LogP contribution in [-0.2, 0) is 11.3 Å². The molecule has 1 aromatic rings. The molecule has 1 saturated heterocycles. The third-order valence-corrected chi connectivity index (χ3v) is 3.08. The molecule has 1 aliphatic rings. The average molecular weight is 194 g/mol. The van der Waals surface area contributed by atoms with Crippen LogP contribution in [0.1, 0.15) is 12.8 Å². The predicted molar refractivity (Wildman–Crippen MR) is 56.3 cm³/mol. The van der Waals surface area contributed by atoms with Crippen molar-refractivity contribution < 1.29 is 4.74 Å². The van der Waals surface area contributed by atoms with E-state index >= 15 is 0 Å². The zero-order chi connectivity index (χ0) is 9.86. The summed E-state index contributed by atoms with van der Waals surface area (Å²) in [6.07, 6.45) is 6.40. The topological polar surface area (TPSA) is 26.2 Å². The molecular weight excluding hydrogens is 176 g/mol. The van der Waals surface area contributed by atoms with Gasteiger partial charge in [0.1, 0.15) is 0 Å². The summed E-state index contributed by atoms with van der Waals surface area (Å²) < 4.78 is 7.89. The summed E-state index contributed by atoms with van der Waals surface area (Å²) in [5, 5.41) is 3.36. The van der Waals surface area contributed by atoms with Crippen molar-refractivity contribution >= 4 is 0 Å². The van der Waals surface area contributed by atoms with E-state index in [0.717, 1.165) is 32.5 Å². The number of ether oxygens (including phenoxy) is 1. The van der Waals surface area contributed by atoms with E-state index in [4.69, 9.17) is 4.74 Å². The van der Waals surface area contributed by atoms with Crippen LogP contribution in [0.2, 0.25) is 0 Å². The first-order valence-electron chi connectivity index (χ1n) is 5.21. The van der Waals surface area contributed by atoms with Crippen LogP contribution in [0.3, 0.4) is 0 Å². The summed E-state index contributed by atoms with van der Waals surface area (Å²) in [5.41, 5.74) is 0.0459. The summed E-state index contributed by atoms with van der Waals surface area (Å²) >= 11 is 0. The third-order valence-electron chi connectivity index (χ3n) is 3.08. The Hall–Kier alpha value is -0.800. The Morgan fingerprint density at radius 1 is 1.29 bits per heavy atom. The predicted octanol–water partition coefficient (Wildman–Crippen LogP) is 1.26. The molecule has 1 aromatic heterocycles. The molecule has 0 bridgehead atoms. The minimum absolute atomic E-state index is 0.0459. The first kappa shape index (κ1) is 9.74. The van der Waals surface area contributed by atoms with Gasteiger partial charge in [0.25, 0.3) is 0 Å². The summed E-state index contributed by atoms with van der Waals surface area (Å²) in [5.74, 6) is 0. The van der Waals surface area contributed by atoms with Gasteiger partial charge < -0.3 is 14.6 Å². The number of aromatic nitrogens is 1. The molecule has 78 valence electrons. The van der Waals surface area contributed by atoms with E-state index in [1.54, 1.807) is 0 Å². The van der Waals surface area contributed by atoms with Crippen molar-refractivity contribution in [1.82, 2.24) is 9.88 Å². The summed E-state index contributed by atoms with van der Waals surface area (Å²) in [4.78, 5) is 0. The van der Waals surface area contributed by atoms with E-state index in [0.29, 0.717) is 0 Å². The van der Waals surface area contributed by atoms with Gasteiger partial charge in [-0.2, -0.15) is 0 Å². The van der Waals surface area contributed by atoms with Crippen LogP contribution in [0.5, 0.6) is 0 Å². The van der Waals surface area contributed by atoms with E-state index in [1.807, 2.05) is 7.11 Å². The Bertz CT molecular complexity index is 263. The van der Waals surface area contributed by atoms with Gasteiger partial charge in [-0.25, -0.2) is 0 Å². The number of piperidine rings is 1. The second kappa shape index (κ2) is 4.15. The number of rotatable bonds is 3. The molecule has 3 heteroatoms. The number of hydrogen-bond donors (Lipinski definition) is 1. The van der Waals surface area contributed by atoms with E-state index in [1.165, 1.54) is 0 Å². The molecule has 0 saturated carbocycles. The number of nitrogens with zero attached hydrogens (tertiary/aromatic N) is 1. The van der Waals surface area contributed by atoms with Gasteiger partial charge in [-0.3, -0.25) is 0 Å². The first-order valence-corrected chi connectivity index (χ1v) is 5.21. The number of methoxy groups -OCH3 is 1. The second-order valence-electron chi connectivity index (χ2n) is 3.99. The second-order valence-corrected chi connectivity index (χ2v) is 3.99. The zero-order valence-corrected chi connectivity index (χ0v) is 8.70. The average Bonchev–Trinajstić information content (AvgIpc) is 2.72. The third kappa shape index (κ3) is 1.99. The standard InChI is InChI=1S/C11H18N2O/c1-14-11(4-6-12-7-5-11)10-13-8-2-3-9-13/h2-3,8-9,12H,4-7,10H2,1H3. The largest absolute Gasteiger partial charge is 0.376 e. The Labute approximate surface area is 85.1 Å². The SMILES string of the molecule is COC1(Cn2cccc2)CCNCC1. The molecule has 1 fully saturated rings. The fourth-order valence-electron chi connectivity index (χ4n) is 2.12. The molecular formula is C11H18N2O. The monoisotopic (exact) mass is 194 g/mol. The lowest BCUT2D eigenvalue weighted by Crippen LogP contribution is -2.46. The number of hydrogen-bond acceptors (Lipinski definition) is 2. The summed E-state index contributed by atoms with van der Waals surface area (Å²) in [6.45, 7) is 3.10. The molecule has 0 aromatic carbocycles. The van der Waals surface area contributed by atoms with Gasteiger partial charge in [0.05, 0.1) is 12.1 Å². The summed E-state index contributed by atoms with van der Waals surface area (Å²) in [7, 11) is 1.83. The van der Waals surface area contributed by atoms with Crippen molar-refractivity contribution in [3.05, 3.63) is 24.5 Å². The van der Waals surface area contributed by atoms with Crippen LogP contribution in [0.4, 0.5) is 0 Å². The highest BCUT2D eigenvalue weighted by Gasteiger charge is 2.31. The summed E-state index contributed by atoms with van der Waals surface area (Å²) in [6, 6.07) is 4.12. The van der Waals surface area contributed by atoms with Crippen LogP contribution in [-0.4, -0.2) is 30.4 Å². The highest BCUT2D eigenvalue weighted by Crippen LogP contribution is 2.24. The van der Waals surface area contributed by atoms with Crippen LogP contribution >= 0.6 is 0 Å². The maximum atomic E-state index is 5.69. The van der Waals surface area contributed by atoms with Crippen LogP contribution in [0, 0.1) is 0 Å². The highest BCUT2D eigenvalue weighted by atomic mass is 16.5. The van der Waals surface area contributed by atoms with Gasteiger partial charge in [0, 0.05) is 19.5 Å². The fourth-order valence-corrected chi connectivity index (χ4v) is 2.12. The molecule has 0 amide bonds. The molecule has 0 radical (unpaired) electrons. The Kier molecular flexibility index (Phi) is 2.89. The van der Waals surface area contributed by atoms with Gasteiger partial charge in [0.2, 0.25) is 0 Å². The molecule has 0 aliphatic carbocycles. The lowest BCUT2D eigenvalue weighted by molar-refractivity contribution is -0.0466. The Balaban J connectivity index is 2.04. The van der Waals surface area contributed by atoms with Crippen molar-refractivity contribution in [1.29, 1.82) is 0 Å². The van der Waals surface area contributed by atoms with E-state index in [2.05, 4.69) is 34.4 Å². The molecule has 0 spiro atoms. The van der Waals surface area contributed by atoms with Gasteiger partial charge in [-0.1, -0.05) is 0 Å². The molecule has 1 aliphatic heterocycles. The molecule has 14 heavy (non-hydrogen) atoms. The number of nitrogens with one attached hydrogen (secondary N) is 1. The van der Waals surface area contributed by atoms with Gasteiger partial charge in [-0.05, 0) is 38.1 Å². The molecule has 2 heterocycles. The fraction of sp³-hybridized carbons (Fsp3) is 0.636.